The average molecular weight is 371 g/mol. The third-order valence-electron chi connectivity index (χ3n) is 5.71. The van der Waals surface area contributed by atoms with Crippen LogP contribution in [0.15, 0.2) is 24.4 Å². The second kappa shape index (κ2) is 7.68. The highest BCUT2D eigenvalue weighted by Gasteiger charge is 2.24. The number of benzene rings is 1. The number of carbonyl (C=O) groups excluding carboxylic acids is 1. The summed E-state index contributed by atoms with van der Waals surface area (Å²) in [5.41, 5.74) is 8.64. The number of rotatable bonds is 6. The molecule has 144 valence electrons. The Labute approximate surface area is 158 Å². The molecule has 27 heavy (non-hydrogen) atoms. The van der Waals surface area contributed by atoms with Crippen LogP contribution in [0.2, 0.25) is 0 Å². The van der Waals surface area contributed by atoms with Crippen LogP contribution in [0, 0.1) is 11.7 Å². The third kappa shape index (κ3) is 3.69. The van der Waals surface area contributed by atoms with Crippen molar-refractivity contribution in [1.29, 1.82) is 0 Å². The van der Waals surface area contributed by atoms with Crippen LogP contribution >= 0.6 is 0 Å². The van der Waals surface area contributed by atoms with E-state index >= 15 is 0 Å². The Morgan fingerprint density at radius 3 is 2.93 bits per heavy atom. The average Bonchev–Trinajstić information content (AvgIpc) is 3.32. The lowest BCUT2D eigenvalue weighted by atomic mass is 9.96. The number of nitrogens with one attached hydrogen (secondary N) is 1. The van der Waals surface area contributed by atoms with Crippen molar-refractivity contribution in [2.75, 3.05) is 24.5 Å². The minimum atomic E-state index is -0.415. The normalized spacial score (nSPS) is 19.3. The van der Waals surface area contributed by atoms with Gasteiger partial charge in [0, 0.05) is 44.0 Å². The highest BCUT2D eigenvalue weighted by molar-refractivity contribution is 5.93. The van der Waals surface area contributed by atoms with E-state index in [2.05, 4.69) is 15.3 Å². The van der Waals surface area contributed by atoms with Crippen molar-refractivity contribution in [2.24, 2.45) is 11.7 Å². The van der Waals surface area contributed by atoms with Gasteiger partial charge in [0.25, 0.3) is 5.91 Å². The molecule has 3 N–H and O–H groups in total. The molecule has 1 fully saturated rings. The maximum Gasteiger partial charge on any atom is 0.252 e. The molecule has 6 nitrogen and oxygen atoms in total. The first kappa shape index (κ1) is 18.0. The van der Waals surface area contributed by atoms with Crippen molar-refractivity contribution in [2.45, 2.75) is 38.8 Å². The molecule has 2 aliphatic heterocycles. The number of hydrogen-bond donors (Lipinski definition) is 2. The fourth-order valence-corrected chi connectivity index (χ4v) is 4.26. The minimum absolute atomic E-state index is 0.143. The van der Waals surface area contributed by atoms with Gasteiger partial charge in [-0.15, -0.1) is 0 Å². The Bertz CT molecular complexity index is 828. The third-order valence-corrected chi connectivity index (χ3v) is 5.71. The van der Waals surface area contributed by atoms with Crippen LogP contribution < -0.4 is 16.0 Å². The fourth-order valence-electron chi connectivity index (χ4n) is 4.26. The molecule has 3 heterocycles. The van der Waals surface area contributed by atoms with E-state index in [0.717, 1.165) is 56.0 Å². The van der Waals surface area contributed by atoms with Gasteiger partial charge in [0.05, 0.1) is 17.5 Å². The molecule has 2 aromatic rings. The number of nitrogens with two attached hydrogens (primary N) is 1. The Kier molecular flexibility index (Phi) is 5.11. The summed E-state index contributed by atoms with van der Waals surface area (Å²) >= 11 is 0. The van der Waals surface area contributed by atoms with Gasteiger partial charge < -0.3 is 16.0 Å². The highest BCUT2D eigenvalue weighted by Crippen LogP contribution is 2.27. The van der Waals surface area contributed by atoms with Crippen LogP contribution in [0.3, 0.4) is 0 Å². The zero-order valence-corrected chi connectivity index (χ0v) is 15.5. The second-order valence-electron chi connectivity index (χ2n) is 7.52. The van der Waals surface area contributed by atoms with Crippen LogP contribution in [-0.4, -0.2) is 35.3 Å². The number of halogens is 1. The number of anilines is 1. The predicted octanol–water partition coefficient (Wildman–Crippen LogP) is 2.07. The molecule has 2 aliphatic rings. The van der Waals surface area contributed by atoms with E-state index in [4.69, 9.17) is 5.73 Å². The molecule has 0 spiro atoms. The first-order valence-corrected chi connectivity index (χ1v) is 9.71. The molecule has 0 saturated carbocycles. The van der Waals surface area contributed by atoms with Crippen LogP contribution in [0.5, 0.6) is 0 Å². The Hall–Kier alpha value is -2.41. The molecule has 1 aromatic heterocycles. The predicted molar refractivity (Wildman–Crippen MR) is 102 cm³/mol. The topological polar surface area (TPSA) is 76.2 Å². The van der Waals surface area contributed by atoms with Crippen molar-refractivity contribution < 1.29 is 9.18 Å². The van der Waals surface area contributed by atoms with Gasteiger partial charge in [-0.05, 0) is 43.7 Å². The molecular weight excluding hydrogens is 345 g/mol. The van der Waals surface area contributed by atoms with Gasteiger partial charge in [-0.1, -0.05) is 6.07 Å². The van der Waals surface area contributed by atoms with Crippen molar-refractivity contribution in [1.82, 2.24) is 15.1 Å². The van der Waals surface area contributed by atoms with Gasteiger partial charge in [0.2, 0.25) is 0 Å². The summed E-state index contributed by atoms with van der Waals surface area (Å²) in [4.78, 5) is 13.7. The summed E-state index contributed by atoms with van der Waals surface area (Å²) < 4.78 is 16.3. The smallest absolute Gasteiger partial charge is 0.252 e. The van der Waals surface area contributed by atoms with Gasteiger partial charge in [-0.2, -0.15) is 5.10 Å². The summed E-state index contributed by atoms with van der Waals surface area (Å²) in [5, 5.41) is 7.73. The summed E-state index contributed by atoms with van der Waals surface area (Å²) in [6.07, 6.45) is 5.67. The zero-order valence-electron chi connectivity index (χ0n) is 15.5. The quantitative estimate of drug-likeness (QED) is 0.815. The fraction of sp³-hybridized carbons (Fsp3) is 0.500. The molecule has 1 atom stereocenters. The van der Waals surface area contributed by atoms with E-state index in [1.807, 2.05) is 10.7 Å². The summed E-state index contributed by atoms with van der Waals surface area (Å²) in [7, 11) is 0. The van der Waals surface area contributed by atoms with Crippen molar-refractivity contribution in [3.8, 4) is 0 Å². The van der Waals surface area contributed by atoms with Gasteiger partial charge in [0.1, 0.15) is 5.82 Å². The molecule has 4 rings (SSSR count). The van der Waals surface area contributed by atoms with Crippen molar-refractivity contribution in [3.05, 3.63) is 47.0 Å². The van der Waals surface area contributed by atoms with E-state index in [9.17, 15) is 9.18 Å². The van der Waals surface area contributed by atoms with Gasteiger partial charge >= 0.3 is 0 Å². The van der Waals surface area contributed by atoms with E-state index < -0.39 is 5.91 Å². The number of aromatic nitrogens is 2. The molecule has 0 bridgehead atoms. The summed E-state index contributed by atoms with van der Waals surface area (Å²) in [6.45, 7) is 4.07. The van der Waals surface area contributed by atoms with Crippen LogP contribution in [-0.2, 0) is 19.5 Å². The van der Waals surface area contributed by atoms with Gasteiger partial charge in [0.15, 0.2) is 0 Å². The van der Waals surface area contributed by atoms with Crippen LogP contribution in [0.1, 0.15) is 40.9 Å². The number of carbonyl (C=O) groups is 1. The minimum Gasteiger partial charge on any atom is -0.371 e. The maximum absolute atomic E-state index is 14.4. The molecule has 7 heteroatoms. The Morgan fingerprint density at radius 2 is 2.15 bits per heavy atom. The molecular formula is C20H26FN5O. The lowest BCUT2D eigenvalue weighted by Crippen LogP contribution is -2.31. The molecule has 0 radical (unpaired) electrons. The Balaban J connectivity index is 1.37. The van der Waals surface area contributed by atoms with Gasteiger partial charge in [-0.25, -0.2) is 4.39 Å². The lowest BCUT2D eigenvalue weighted by Gasteiger charge is -2.25. The van der Waals surface area contributed by atoms with Gasteiger partial charge in [-0.3, -0.25) is 9.48 Å². The van der Waals surface area contributed by atoms with E-state index in [1.54, 1.807) is 18.3 Å². The van der Waals surface area contributed by atoms with E-state index in [1.165, 1.54) is 12.8 Å². The largest absolute Gasteiger partial charge is 0.371 e. The van der Waals surface area contributed by atoms with E-state index in [0.29, 0.717) is 18.0 Å². The highest BCUT2D eigenvalue weighted by atomic mass is 19.1. The Morgan fingerprint density at radius 1 is 1.33 bits per heavy atom. The molecule has 0 aliphatic carbocycles. The molecule has 1 amide bonds. The van der Waals surface area contributed by atoms with E-state index in [-0.39, 0.29) is 5.82 Å². The number of hydrogen-bond acceptors (Lipinski definition) is 4. The molecule has 1 aromatic carbocycles. The summed E-state index contributed by atoms with van der Waals surface area (Å²) in [6, 6.07) is 5.36. The number of primary amides is 1. The van der Waals surface area contributed by atoms with Crippen LogP contribution in [0.25, 0.3) is 0 Å². The van der Waals surface area contributed by atoms with Crippen molar-refractivity contribution in [3.63, 3.8) is 0 Å². The SMILES string of the molecule is NC(=O)c1cnn2c1CC[C@@H](CNCc1c(F)cccc1N1CCCC1)C2. The number of nitrogens with zero attached hydrogens (tertiary/aromatic N) is 3. The first-order chi connectivity index (χ1) is 13.1. The second-order valence-corrected chi connectivity index (χ2v) is 7.52. The monoisotopic (exact) mass is 371 g/mol. The molecule has 0 unspecified atom stereocenters. The van der Waals surface area contributed by atoms with Crippen molar-refractivity contribution >= 4 is 11.6 Å². The molecule has 1 saturated heterocycles. The standard InChI is InChI=1S/C20H26FN5O/c21-17-4-3-5-18(25-8-1-2-9-25)15(17)11-23-10-14-6-7-19-16(20(22)27)12-24-26(19)13-14/h3-5,12,14,23H,1-2,6-11,13H2,(H2,22,27)/t14-/m0/s1. The summed E-state index contributed by atoms with van der Waals surface area (Å²) in [5.74, 6) is -0.155. The zero-order chi connectivity index (χ0) is 18.8. The number of amides is 1. The van der Waals surface area contributed by atoms with Crippen LogP contribution in [0.4, 0.5) is 10.1 Å². The maximum atomic E-state index is 14.4. The lowest BCUT2D eigenvalue weighted by molar-refractivity contribution is 0.0998. The number of fused-ring (bicyclic) bond motifs is 1. The first-order valence-electron chi connectivity index (χ1n) is 9.71.